The second-order valence-electron chi connectivity index (χ2n) is 7.13. The molecule has 0 amide bonds. The zero-order chi connectivity index (χ0) is 15.2. The average Bonchev–Trinajstić information content (AvgIpc) is 2.42. The van der Waals surface area contributed by atoms with Crippen molar-refractivity contribution in [2.75, 3.05) is 0 Å². The van der Waals surface area contributed by atoms with Crippen molar-refractivity contribution in [3.05, 3.63) is 35.4 Å². The molecule has 0 aliphatic heterocycles. The lowest BCUT2D eigenvalue weighted by atomic mass is 9.85. The largest absolute Gasteiger partial charge is 0.324 e. The summed E-state index contributed by atoms with van der Waals surface area (Å²) in [6.07, 6.45) is 6.29. The fourth-order valence-electron chi connectivity index (χ4n) is 2.71. The van der Waals surface area contributed by atoms with E-state index in [9.17, 15) is 0 Å². The molecule has 0 aliphatic carbocycles. The van der Waals surface area contributed by atoms with Crippen LogP contribution in [0.15, 0.2) is 24.3 Å². The molecule has 0 spiro atoms. The fraction of sp³-hybridized carbons (Fsp3) is 0.684. The maximum atomic E-state index is 6.40. The minimum Gasteiger partial charge on any atom is -0.324 e. The van der Waals surface area contributed by atoms with Crippen LogP contribution in [0.1, 0.15) is 83.9 Å². The van der Waals surface area contributed by atoms with E-state index in [4.69, 9.17) is 5.73 Å². The Morgan fingerprint density at radius 2 is 1.65 bits per heavy atom. The summed E-state index contributed by atoms with van der Waals surface area (Å²) in [5, 5.41) is 0. The first-order valence-electron chi connectivity index (χ1n) is 8.24. The van der Waals surface area contributed by atoms with Gasteiger partial charge in [0.15, 0.2) is 0 Å². The summed E-state index contributed by atoms with van der Waals surface area (Å²) in [5.41, 5.74) is 9.29. The molecule has 0 bridgehead atoms. The van der Waals surface area contributed by atoms with Gasteiger partial charge in [-0.2, -0.15) is 0 Å². The van der Waals surface area contributed by atoms with Crippen molar-refractivity contribution in [2.45, 2.75) is 78.2 Å². The van der Waals surface area contributed by atoms with Crippen LogP contribution in [-0.4, -0.2) is 0 Å². The second-order valence-corrected chi connectivity index (χ2v) is 7.13. The maximum absolute atomic E-state index is 6.40. The van der Waals surface area contributed by atoms with Crippen molar-refractivity contribution >= 4 is 0 Å². The third-order valence-electron chi connectivity index (χ3n) is 4.34. The lowest BCUT2D eigenvalue weighted by molar-refractivity contribution is 0.388. The van der Waals surface area contributed by atoms with E-state index in [1.165, 1.54) is 36.8 Å². The van der Waals surface area contributed by atoms with Crippen molar-refractivity contribution < 1.29 is 0 Å². The molecule has 0 aliphatic rings. The van der Waals surface area contributed by atoms with E-state index in [2.05, 4.69) is 58.9 Å². The first-order valence-corrected chi connectivity index (χ1v) is 8.24. The molecule has 2 atom stereocenters. The van der Waals surface area contributed by atoms with Gasteiger partial charge in [-0.1, -0.05) is 84.6 Å². The Hall–Kier alpha value is -0.820. The van der Waals surface area contributed by atoms with E-state index in [0.29, 0.717) is 0 Å². The third-order valence-corrected chi connectivity index (χ3v) is 4.34. The van der Waals surface area contributed by atoms with Gasteiger partial charge in [0.1, 0.15) is 0 Å². The number of hydrogen-bond acceptors (Lipinski definition) is 1. The third kappa shape index (κ3) is 5.28. The molecule has 2 unspecified atom stereocenters. The normalized spacial score (nSPS) is 15.1. The van der Waals surface area contributed by atoms with Crippen LogP contribution in [0.4, 0.5) is 0 Å². The van der Waals surface area contributed by atoms with Gasteiger partial charge in [0, 0.05) is 6.04 Å². The zero-order valence-corrected chi connectivity index (χ0v) is 14.1. The second kappa shape index (κ2) is 7.83. The van der Waals surface area contributed by atoms with Gasteiger partial charge in [-0.05, 0) is 28.9 Å². The Bertz CT molecular complexity index is 372. The summed E-state index contributed by atoms with van der Waals surface area (Å²) in [4.78, 5) is 0. The van der Waals surface area contributed by atoms with Crippen LogP contribution in [0.25, 0.3) is 0 Å². The van der Waals surface area contributed by atoms with Crippen LogP contribution < -0.4 is 5.73 Å². The van der Waals surface area contributed by atoms with Gasteiger partial charge in [0.25, 0.3) is 0 Å². The fourth-order valence-corrected chi connectivity index (χ4v) is 2.71. The molecule has 1 rings (SSSR count). The van der Waals surface area contributed by atoms with Crippen LogP contribution in [0.5, 0.6) is 0 Å². The van der Waals surface area contributed by atoms with Crippen molar-refractivity contribution in [2.24, 2.45) is 11.7 Å². The average molecular weight is 275 g/mol. The lowest BCUT2D eigenvalue weighted by Crippen LogP contribution is -2.16. The Morgan fingerprint density at radius 3 is 2.10 bits per heavy atom. The molecule has 0 saturated carbocycles. The Kier molecular flexibility index (Phi) is 6.75. The highest BCUT2D eigenvalue weighted by Crippen LogP contribution is 2.27. The number of rotatable bonds is 7. The highest BCUT2D eigenvalue weighted by Gasteiger charge is 2.16. The highest BCUT2D eigenvalue weighted by molar-refractivity contribution is 5.29. The topological polar surface area (TPSA) is 26.0 Å². The molecule has 1 nitrogen and oxygen atoms in total. The molecule has 1 aromatic carbocycles. The Balaban J connectivity index is 2.65. The number of unbranched alkanes of at least 4 members (excludes halogenated alkanes) is 1. The Morgan fingerprint density at radius 1 is 1.05 bits per heavy atom. The van der Waals surface area contributed by atoms with Crippen molar-refractivity contribution in [1.82, 2.24) is 0 Å². The Labute approximate surface area is 126 Å². The molecule has 0 aromatic heterocycles. The molecule has 1 aromatic rings. The monoisotopic (exact) mass is 275 g/mol. The molecule has 0 fully saturated rings. The molecular weight excluding hydrogens is 242 g/mol. The van der Waals surface area contributed by atoms with Crippen molar-refractivity contribution in [3.8, 4) is 0 Å². The quantitative estimate of drug-likeness (QED) is 0.689. The summed E-state index contributed by atoms with van der Waals surface area (Å²) in [6, 6.07) is 9.10. The van der Waals surface area contributed by atoms with Crippen LogP contribution >= 0.6 is 0 Å². The zero-order valence-electron chi connectivity index (χ0n) is 14.1. The first kappa shape index (κ1) is 17.2. The van der Waals surface area contributed by atoms with Crippen LogP contribution in [0.2, 0.25) is 0 Å². The van der Waals surface area contributed by atoms with Gasteiger partial charge in [-0.15, -0.1) is 0 Å². The highest BCUT2D eigenvalue weighted by atomic mass is 14.6. The van der Waals surface area contributed by atoms with Crippen molar-refractivity contribution in [1.29, 1.82) is 0 Å². The molecule has 2 N–H and O–H groups in total. The van der Waals surface area contributed by atoms with Gasteiger partial charge in [0.2, 0.25) is 0 Å². The molecular formula is C19H33N. The molecule has 0 radical (unpaired) electrons. The van der Waals surface area contributed by atoms with Crippen LogP contribution in [0.3, 0.4) is 0 Å². The summed E-state index contributed by atoms with van der Waals surface area (Å²) >= 11 is 0. The van der Waals surface area contributed by atoms with E-state index in [0.717, 1.165) is 12.3 Å². The van der Waals surface area contributed by atoms with Gasteiger partial charge >= 0.3 is 0 Å². The molecule has 1 heteroatoms. The maximum Gasteiger partial charge on any atom is 0.0297 e. The minimum atomic E-state index is 0.186. The predicted molar refractivity (Wildman–Crippen MR) is 90.0 cm³/mol. The van der Waals surface area contributed by atoms with Crippen LogP contribution in [0, 0.1) is 5.92 Å². The van der Waals surface area contributed by atoms with Gasteiger partial charge in [-0.25, -0.2) is 0 Å². The van der Waals surface area contributed by atoms with Gasteiger partial charge in [-0.3, -0.25) is 0 Å². The summed E-state index contributed by atoms with van der Waals surface area (Å²) < 4.78 is 0. The number of nitrogens with two attached hydrogens (primary N) is 1. The smallest absolute Gasteiger partial charge is 0.0297 e. The van der Waals surface area contributed by atoms with E-state index < -0.39 is 0 Å². The van der Waals surface area contributed by atoms with Crippen LogP contribution in [-0.2, 0) is 5.41 Å². The van der Waals surface area contributed by atoms with E-state index >= 15 is 0 Å². The summed E-state index contributed by atoms with van der Waals surface area (Å²) in [5.74, 6) is 0.771. The number of hydrogen-bond donors (Lipinski definition) is 1. The number of benzene rings is 1. The molecule has 114 valence electrons. The first-order chi connectivity index (χ1) is 9.38. The lowest BCUT2D eigenvalue weighted by Gasteiger charge is -2.22. The molecule has 20 heavy (non-hydrogen) atoms. The SMILES string of the molecule is CCCCC(CC)CC(N)c1ccc(C(C)(C)C)cc1. The van der Waals surface area contributed by atoms with E-state index in [1.807, 2.05) is 0 Å². The summed E-state index contributed by atoms with van der Waals surface area (Å²) in [6.45, 7) is 11.3. The van der Waals surface area contributed by atoms with E-state index in [1.54, 1.807) is 0 Å². The molecule has 0 saturated heterocycles. The molecule has 0 heterocycles. The standard InChI is InChI=1S/C19H33N/c1-6-8-9-15(7-2)14-18(20)16-10-12-17(13-11-16)19(3,4)5/h10-13,15,18H,6-9,14,20H2,1-5H3. The minimum absolute atomic E-state index is 0.186. The van der Waals surface area contributed by atoms with Gasteiger partial charge < -0.3 is 5.73 Å². The van der Waals surface area contributed by atoms with Gasteiger partial charge in [0.05, 0.1) is 0 Å². The summed E-state index contributed by atoms with van der Waals surface area (Å²) in [7, 11) is 0. The van der Waals surface area contributed by atoms with E-state index in [-0.39, 0.29) is 11.5 Å². The predicted octanol–water partition coefficient (Wildman–Crippen LogP) is 5.59. The van der Waals surface area contributed by atoms with Crippen molar-refractivity contribution in [3.63, 3.8) is 0 Å².